The lowest BCUT2D eigenvalue weighted by Gasteiger charge is -2.29. The number of carbonyl (C=O) groups excluding carboxylic acids is 2. The van der Waals surface area contributed by atoms with Crippen LogP contribution in [0.3, 0.4) is 0 Å². The molecule has 1 atom stereocenters. The van der Waals surface area contributed by atoms with Gasteiger partial charge in [0.2, 0.25) is 5.91 Å². The minimum absolute atomic E-state index is 0.0147. The van der Waals surface area contributed by atoms with Gasteiger partial charge < -0.3 is 20.5 Å². The fourth-order valence-electron chi connectivity index (χ4n) is 5.09. The van der Waals surface area contributed by atoms with Crippen molar-refractivity contribution in [2.24, 2.45) is 5.92 Å². The van der Waals surface area contributed by atoms with Gasteiger partial charge in [-0.2, -0.15) is 11.8 Å². The highest BCUT2D eigenvalue weighted by Gasteiger charge is 2.31. The van der Waals surface area contributed by atoms with Gasteiger partial charge in [-0.25, -0.2) is 9.59 Å². The van der Waals surface area contributed by atoms with Crippen LogP contribution in [0.4, 0.5) is 4.79 Å². The van der Waals surface area contributed by atoms with E-state index in [4.69, 9.17) is 4.74 Å². The number of rotatable bonds is 9. The molecule has 0 heterocycles. The summed E-state index contributed by atoms with van der Waals surface area (Å²) in [7, 11) is 0. The van der Waals surface area contributed by atoms with Gasteiger partial charge in [-0.1, -0.05) is 48.5 Å². The molecule has 8 heteroatoms. The third-order valence-electron chi connectivity index (χ3n) is 6.99. The van der Waals surface area contributed by atoms with Crippen molar-refractivity contribution in [3.8, 4) is 11.1 Å². The Balaban J connectivity index is 1.24. The molecule has 2 aromatic rings. The van der Waals surface area contributed by atoms with Crippen LogP contribution in [0.1, 0.15) is 49.1 Å². The third-order valence-corrected chi connectivity index (χ3v) is 7.63. The Morgan fingerprint density at radius 3 is 2.17 bits per heavy atom. The molecule has 0 saturated heterocycles. The molecule has 0 radical (unpaired) electrons. The summed E-state index contributed by atoms with van der Waals surface area (Å²) >= 11 is 1.55. The molecular formula is C27H32N2O5S. The molecule has 2 aliphatic rings. The lowest BCUT2D eigenvalue weighted by Crippen LogP contribution is -2.46. The van der Waals surface area contributed by atoms with Gasteiger partial charge in [-0.3, -0.25) is 4.79 Å². The van der Waals surface area contributed by atoms with Crippen LogP contribution in [0, 0.1) is 5.92 Å². The third kappa shape index (κ3) is 5.99. The van der Waals surface area contributed by atoms with Crippen molar-refractivity contribution in [1.29, 1.82) is 0 Å². The van der Waals surface area contributed by atoms with Gasteiger partial charge >= 0.3 is 12.1 Å². The van der Waals surface area contributed by atoms with E-state index in [1.165, 1.54) is 22.3 Å². The number of alkyl carbamates (subject to hydrolysis) is 1. The van der Waals surface area contributed by atoms with Gasteiger partial charge in [0.05, 0.1) is 0 Å². The molecule has 2 aromatic carbocycles. The topological polar surface area (TPSA) is 105 Å². The Kier molecular flexibility index (Phi) is 8.33. The monoisotopic (exact) mass is 496 g/mol. The quantitative estimate of drug-likeness (QED) is 0.475. The van der Waals surface area contributed by atoms with E-state index in [0.29, 0.717) is 37.9 Å². The van der Waals surface area contributed by atoms with E-state index < -0.39 is 18.1 Å². The zero-order chi connectivity index (χ0) is 24.8. The highest BCUT2D eigenvalue weighted by Crippen LogP contribution is 2.44. The van der Waals surface area contributed by atoms with E-state index in [1.807, 2.05) is 30.5 Å². The van der Waals surface area contributed by atoms with Crippen LogP contribution in [0.15, 0.2) is 48.5 Å². The van der Waals surface area contributed by atoms with Crippen molar-refractivity contribution >= 4 is 29.7 Å². The lowest BCUT2D eigenvalue weighted by molar-refractivity contribution is -0.142. The van der Waals surface area contributed by atoms with Crippen molar-refractivity contribution in [3.05, 3.63) is 59.7 Å². The number of carbonyl (C=O) groups is 3. The van der Waals surface area contributed by atoms with E-state index in [2.05, 4.69) is 34.9 Å². The van der Waals surface area contributed by atoms with E-state index in [1.54, 1.807) is 11.8 Å². The maximum absolute atomic E-state index is 12.6. The molecule has 35 heavy (non-hydrogen) atoms. The Hall–Kier alpha value is -3.00. The minimum atomic E-state index is -1.00. The Morgan fingerprint density at radius 2 is 1.60 bits per heavy atom. The summed E-state index contributed by atoms with van der Waals surface area (Å²) in [6.07, 6.45) is 4.40. The number of thioether (sulfide) groups is 1. The summed E-state index contributed by atoms with van der Waals surface area (Å²) in [5, 5.41) is 15.0. The van der Waals surface area contributed by atoms with Crippen LogP contribution in [-0.2, 0) is 14.3 Å². The second kappa shape index (κ2) is 11.6. The average molecular weight is 497 g/mol. The molecule has 1 fully saturated rings. The summed E-state index contributed by atoms with van der Waals surface area (Å²) in [6, 6.07) is 15.5. The number of hydrogen-bond acceptors (Lipinski definition) is 5. The molecule has 0 unspecified atom stereocenters. The molecule has 2 aliphatic carbocycles. The number of benzene rings is 2. The van der Waals surface area contributed by atoms with E-state index in [-0.39, 0.29) is 30.4 Å². The molecule has 7 nitrogen and oxygen atoms in total. The first-order valence-electron chi connectivity index (χ1n) is 12.1. The van der Waals surface area contributed by atoms with E-state index in [0.717, 1.165) is 0 Å². The predicted molar refractivity (Wildman–Crippen MR) is 137 cm³/mol. The van der Waals surface area contributed by atoms with Crippen LogP contribution in [-0.4, -0.2) is 53.8 Å². The molecule has 0 aliphatic heterocycles. The van der Waals surface area contributed by atoms with E-state index >= 15 is 0 Å². The Morgan fingerprint density at radius 1 is 1.00 bits per heavy atom. The number of nitrogens with one attached hydrogen (secondary N) is 2. The minimum Gasteiger partial charge on any atom is -0.480 e. The maximum Gasteiger partial charge on any atom is 0.407 e. The highest BCUT2D eigenvalue weighted by atomic mass is 32.2. The first-order valence-corrected chi connectivity index (χ1v) is 13.5. The van der Waals surface area contributed by atoms with Gasteiger partial charge in [0.1, 0.15) is 12.6 Å². The molecule has 0 bridgehead atoms. The second-order valence-corrected chi connectivity index (χ2v) is 10.2. The zero-order valence-corrected chi connectivity index (χ0v) is 20.7. The number of fused-ring (bicyclic) bond motifs is 3. The second-order valence-electron chi connectivity index (χ2n) is 9.20. The summed E-state index contributed by atoms with van der Waals surface area (Å²) in [6.45, 7) is 0.268. The zero-order valence-electron chi connectivity index (χ0n) is 19.9. The lowest BCUT2D eigenvalue weighted by atomic mass is 9.85. The SMILES string of the molecule is CSCC[C@H](NC(=O)C1CCC(NC(=O)OCC2c3ccccc3-c3ccccc32)CC1)C(=O)O. The molecule has 3 N–H and O–H groups in total. The molecule has 186 valence electrons. The smallest absolute Gasteiger partial charge is 0.407 e. The Bertz CT molecular complexity index is 1020. The van der Waals surface area contributed by atoms with Gasteiger partial charge in [0.25, 0.3) is 0 Å². The predicted octanol–water partition coefficient (Wildman–Crippen LogP) is 4.41. The first-order chi connectivity index (χ1) is 17.0. The van der Waals surface area contributed by atoms with Crippen LogP contribution in [0.5, 0.6) is 0 Å². The van der Waals surface area contributed by atoms with Crippen molar-refractivity contribution in [1.82, 2.24) is 10.6 Å². The van der Waals surface area contributed by atoms with Crippen molar-refractivity contribution < 1.29 is 24.2 Å². The van der Waals surface area contributed by atoms with Crippen LogP contribution in [0.25, 0.3) is 11.1 Å². The Labute approximate surface area is 210 Å². The van der Waals surface area contributed by atoms with Crippen molar-refractivity contribution in [2.45, 2.75) is 50.1 Å². The fourth-order valence-corrected chi connectivity index (χ4v) is 5.56. The van der Waals surface area contributed by atoms with Gasteiger partial charge in [-0.15, -0.1) is 0 Å². The largest absolute Gasteiger partial charge is 0.480 e. The number of aliphatic carboxylic acids is 1. The highest BCUT2D eigenvalue weighted by molar-refractivity contribution is 7.98. The number of carboxylic acids is 1. The maximum atomic E-state index is 12.6. The van der Waals surface area contributed by atoms with Crippen molar-refractivity contribution in [3.63, 3.8) is 0 Å². The fraction of sp³-hybridized carbons (Fsp3) is 0.444. The molecular weight excluding hydrogens is 464 g/mol. The van der Waals surface area contributed by atoms with Crippen LogP contribution >= 0.6 is 11.8 Å². The molecule has 0 spiro atoms. The molecule has 1 saturated carbocycles. The summed E-state index contributed by atoms with van der Waals surface area (Å²) in [5.74, 6) is -0.753. The summed E-state index contributed by atoms with van der Waals surface area (Å²) < 4.78 is 5.64. The molecule has 0 aromatic heterocycles. The molecule has 2 amide bonds. The number of ether oxygens (including phenoxy) is 1. The first kappa shape index (κ1) is 25.1. The van der Waals surface area contributed by atoms with Gasteiger partial charge in [-0.05, 0) is 66.4 Å². The average Bonchev–Trinajstić information content (AvgIpc) is 3.19. The van der Waals surface area contributed by atoms with Gasteiger partial charge in [0, 0.05) is 17.9 Å². The normalized spacial score (nSPS) is 19.8. The number of amides is 2. The summed E-state index contributed by atoms with van der Waals surface area (Å²) in [5.41, 5.74) is 4.72. The van der Waals surface area contributed by atoms with Gasteiger partial charge in [0.15, 0.2) is 0 Å². The van der Waals surface area contributed by atoms with E-state index in [9.17, 15) is 19.5 Å². The molecule has 4 rings (SSSR count). The summed E-state index contributed by atoms with van der Waals surface area (Å²) in [4.78, 5) is 36.5. The van der Waals surface area contributed by atoms with Crippen molar-refractivity contribution in [2.75, 3.05) is 18.6 Å². The standard InChI is InChI=1S/C27H32N2O5S/c1-35-15-14-24(26(31)32)29-25(30)17-10-12-18(13-11-17)28-27(33)34-16-23-21-8-4-2-6-19(21)20-7-3-5-9-22(20)23/h2-9,17-18,23-24H,10-16H2,1H3,(H,28,33)(H,29,30)(H,31,32)/t17?,18?,24-/m0/s1. The number of carboxylic acid groups (broad SMARTS) is 1. The van der Waals surface area contributed by atoms with Crippen LogP contribution < -0.4 is 10.6 Å². The number of hydrogen-bond donors (Lipinski definition) is 3. The van der Waals surface area contributed by atoms with Crippen LogP contribution in [0.2, 0.25) is 0 Å².